The minimum absolute atomic E-state index is 0.000622. The van der Waals surface area contributed by atoms with Crippen molar-refractivity contribution >= 4 is 13.6 Å². The summed E-state index contributed by atoms with van der Waals surface area (Å²) in [5, 5.41) is 0. The Morgan fingerprint density at radius 1 is 0.805 bits per heavy atom. The number of phosphoric ester groups is 1. The van der Waals surface area contributed by atoms with E-state index in [1.54, 1.807) is 0 Å². The van der Waals surface area contributed by atoms with Crippen molar-refractivity contribution in [1.82, 2.24) is 0 Å². The third-order valence-corrected chi connectivity index (χ3v) is 8.29. The van der Waals surface area contributed by atoms with Crippen LogP contribution in [0.3, 0.4) is 0 Å². The van der Waals surface area contributed by atoms with E-state index in [4.69, 9.17) is 13.8 Å². The first-order chi connectivity index (χ1) is 19.8. The van der Waals surface area contributed by atoms with E-state index in [-0.39, 0.29) is 24.9 Å². The number of ether oxygens (including phenoxy) is 1. The van der Waals surface area contributed by atoms with Crippen LogP contribution in [0.4, 0.5) is 0 Å². The van der Waals surface area contributed by atoms with Gasteiger partial charge in [0, 0.05) is 19.3 Å². The number of carbonyl (C=O) groups excluding carboxylic acids is 1. The van der Waals surface area contributed by atoms with Crippen LogP contribution in [-0.2, 0) is 24.8 Å². The van der Waals surface area contributed by atoms with Crippen molar-refractivity contribution in [2.75, 3.05) is 40.5 Å². The van der Waals surface area contributed by atoms with Gasteiger partial charge < -0.3 is 14.5 Å². The molecule has 0 fully saturated rings. The number of quaternary nitrogens is 1. The third-order valence-electron chi connectivity index (χ3n) is 7.31. The van der Waals surface area contributed by atoms with Gasteiger partial charge in [0.2, 0.25) is 0 Å². The van der Waals surface area contributed by atoms with Gasteiger partial charge >= 0.3 is 7.82 Å². The average molecular weight is 599 g/mol. The maximum absolute atomic E-state index is 12.4. The summed E-state index contributed by atoms with van der Waals surface area (Å²) in [7, 11) is -0.113. The Balaban J connectivity index is 2.35. The molecule has 238 valence electrons. The number of rotatable bonds is 28. The zero-order valence-electron chi connectivity index (χ0n) is 26.7. The predicted molar refractivity (Wildman–Crippen MR) is 169 cm³/mol. The lowest BCUT2D eigenvalue weighted by atomic mass is 9.94. The molecule has 1 aromatic rings. The van der Waals surface area contributed by atoms with Crippen molar-refractivity contribution in [2.45, 2.75) is 123 Å². The Morgan fingerprint density at radius 2 is 1.39 bits per heavy atom. The molecule has 0 aromatic heterocycles. The van der Waals surface area contributed by atoms with E-state index in [0.717, 1.165) is 37.3 Å². The molecule has 0 amide bonds. The molecule has 1 aromatic carbocycles. The highest BCUT2D eigenvalue weighted by Crippen LogP contribution is 2.44. The highest BCUT2D eigenvalue weighted by atomic mass is 31.2. The first-order valence-corrected chi connectivity index (χ1v) is 17.9. The van der Waals surface area contributed by atoms with E-state index in [2.05, 4.69) is 6.92 Å². The van der Waals surface area contributed by atoms with Crippen LogP contribution >= 0.6 is 7.82 Å². The molecule has 0 aliphatic rings. The number of nitrogens with one attached hydrogen (secondary N) is 1. The molecule has 8 heteroatoms. The Labute approximate surface area is 251 Å². The molecule has 2 unspecified atom stereocenters. The van der Waals surface area contributed by atoms with Gasteiger partial charge in [0.1, 0.15) is 11.5 Å². The fourth-order valence-corrected chi connectivity index (χ4v) is 5.76. The summed E-state index contributed by atoms with van der Waals surface area (Å²) in [4.78, 5) is 23.7. The van der Waals surface area contributed by atoms with Crippen molar-refractivity contribution in [3.8, 4) is 5.75 Å². The first-order valence-electron chi connectivity index (χ1n) is 16.4. The summed E-state index contributed by atoms with van der Waals surface area (Å²) in [6.07, 6.45) is 18.8. The molecule has 0 aliphatic heterocycles. The van der Waals surface area contributed by atoms with Crippen molar-refractivity contribution in [1.29, 1.82) is 0 Å². The largest absolute Gasteiger partial charge is 0.494 e. The maximum atomic E-state index is 12.4. The number of hydrogen-bond donors (Lipinski definition) is 2. The van der Waals surface area contributed by atoms with Gasteiger partial charge in [-0.25, -0.2) is 4.57 Å². The summed E-state index contributed by atoms with van der Waals surface area (Å²) in [6.45, 7) is 5.97. The number of carbonyl (C=O) groups is 1. The molecule has 0 saturated heterocycles. The minimum atomic E-state index is -4.15. The molecule has 0 heterocycles. The number of unbranched alkanes of at least 4 members (excludes halogenated alkanes) is 11. The number of benzene rings is 1. The molecule has 1 rings (SSSR count). The van der Waals surface area contributed by atoms with Crippen LogP contribution in [0.2, 0.25) is 0 Å². The quantitative estimate of drug-likeness (QED) is 0.0775. The van der Waals surface area contributed by atoms with Crippen LogP contribution in [0, 0.1) is 5.92 Å². The Kier molecular flexibility index (Phi) is 22.3. The highest BCUT2D eigenvalue weighted by Gasteiger charge is 2.24. The standard InChI is InChI=1S/C33H60NO6P/c1-5-7-8-9-10-11-12-13-14-15-16-17-25-38-33-22-20-30(21-23-33)27-31(28-32(35)19-6-2)29-40-41(36,37)39-26-18-24-34(3)4/h20-23,31H,5-19,24-29H2,1-4H3,(H,36,37)/p+1. The van der Waals surface area contributed by atoms with Crippen LogP contribution in [0.25, 0.3) is 0 Å². The molecule has 41 heavy (non-hydrogen) atoms. The molecule has 0 saturated carbocycles. The van der Waals surface area contributed by atoms with Crippen LogP contribution in [-0.4, -0.2) is 51.1 Å². The van der Waals surface area contributed by atoms with Gasteiger partial charge in [0.25, 0.3) is 0 Å². The fraction of sp³-hybridized carbons (Fsp3) is 0.788. The van der Waals surface area contributed by atoms with Crippen LogP contribution in [0.5, 0.6) is 5.75 Å². The summed E-state index contributed by atoms with van der Waals surface area (Å²) < 4.78 is 28.7. The number of Topliss-reactive ketones (excluding diaryl/α,β-unsaturated/α-hetero) is 1. The molecule has 2 atom stereocenters. The normalized spacial score (nSPS) is 13.8. The fourth-order valence-electron chi connectivity index (χ4n) is 4.92. The number of phosphoric acid groups is 1. The van der Waals surface area contributed by atoms with Crippen molar-refractivity contribution in [2.24, 2.45) is 5.92 Å². The van der Waals surface area contributed by atoms with Gasteiger partial charge in [-0.2, -0.15) is 0 Å². The highest BCUT2D eigenvalue weighted by molar-refractivity contribution is 7.47. The Hall–Kier alpha value is -1.24. The molecular formula is C33H61NO6P+. The first kappa shape index (κ1) is 37.8. The van der Waals surface area contributed by atoms with Gasteiger partial charge in [-0.15, -0.1) is 0 Å². The lowest BCUT2D eigenvalue weighted by Gasteiger charge is -2.19. The average Bonchev–Trinajstić information content (AvgIpc) is 2.93. The third kappa shape index (κ3) is 22.0. The van der Waals surface area contributed by atoms with Gasteiger partial charge in [0.05, 0.1) is 40.5 Å². The number of ketones is 1. The number of hydrogen-bond acceptors (Lipinski definition) is 5. The van der Waals surface area contributed by atoms with Crippen molar-refractivity contribution in [3.05, 3.63) is 29.8 Å². The second kappa shape index (κ2) is 24.2. The van der Waals surface area contributed by atoms with E-state index in [1.807, 2.05) is 45.3 Å². The van der Waals surface area contributed by atoms with E-state index >= 15 is 0 Å². The zero-order valence-corrected chi connectivity index (χ0v) is 27.6. The van der Waals surface area contributed by atoms with Gasteiger partial charge in [0.15, 0.2) is 0 Å². The monoisotopic (exact) mass is 598 g/mol. The summed E-state index contributed by atoms with van der Waals surface area (Å²) in [5.74, 6) is 0.794. The van der Waals surface area contributed by atoms with Crippen LogP contribution < -0.4 is 9.64 Å². The topological polar surface area (TPSA) is 86.5 Å². The summed E-state index contributed by atoms with van der Waals surface area (Å²) in [5.41, 5.74) is 1.04. The van der Waals surface area contributed by atoms with Gasteiger partial charge in [-0.3, -0.25) is 13.8 Å². The SMILES string of the molecule is CCCCCCCCCCCCCCOc1ccc(CC(COP(=O)(O)OCCC[NH+](C)C)CC(=O)CCC)cc1. The smallest absolute Gasteiger partial charge is 0.472 e. The lowest BCUT2D eigenvalue weighted by Crippen LogP contribution is -3.05. The van der Waals surface area contributed by atoms with Crippen LogP contribution in [0.1, 0.15) is 122 Å². The Morgan fingerprint density at radius 3 is 1.95 bits per heavy atom. The van der Waals surface area contributed by atoms with Gasteiger partial charge in [-0.05, 0) is 42.9 Å². The lowest BCUT2D eigenvalue weighted by molar-refractivity contribution is -0.858. The zero-order chi connectivity index (χ0) is 30.2. The van der Waals surface area contributed by atoms with Crippen molar-refractivity contribution in [3.63, 3.8) is 0 Å². The van der Waals surface area contributed by atoms with Crippen molar-refractivity contribution < 1.29 is 32.9 Å². The van der Waals surface area contributed by atoms with Gasteiger partial charge in [-0.1, -0.05) is 96.6 Å². The van der Waals surface area contributed by atoms with Crippen LogP contribution in [0.15, 0.2) is 24.3 Å². The summed E-state index contributed by atoms with van der Waals surface area (Å²) in [6, 6.07) is 7.95. The molecule has 0 bridgehead atoms. The van der Waals surface area contributed by atoms with E-state index in [0.29, 0.717) is 25.7 Å². The second-order valence-electron chi connectivity index (χ2n) is 11.9. The summed E-state index contributed by atoms with van der Waals surface area (Å²) >= 11 is 0. The van der Waals surface area contributed by atoms with E-state index in [9.17, 15) is 14.3 Å². The molecule has 7 nitrogen and oxygen atoms in total. The molecular weight excluding hydrogens is 537 g/mol. The molecule has 0 spiro atoms. The van der Waals surface area contributed by atoms with E-state index < -0.39 is 7.82 Å². The second-order valence-corrected chi connectivity index (χ2v) is 13.3. The molecule has 0 radical (unpaired) electrons. The minimum Gasteiger partial charge on any atom is -0.494 e. The molecule has 0 aliphatic carbocycles. The Bertz CT molecular complexity index is 816. The predicted octanol–water partition coefficient (Wildman–Crippen LogP) is 7.35. The van der Waals surface area contributed by atoms with E-state index in [1.165, 1.54) is 75.5 Å². The molecule has 2 N–H and O–H groups in total. The maximum Gasteiger partial charge on any atom is 0.472 e.